The molecule has 1 unspecified atom stereocenters. The lowest BCUT2D eigenvalue weighted by Crippen LogP contribution is -2.53. The Morgan fingerprint density at radius 2 is 2.08 bits per heavy atom. The molecule has 0 aromatic heterocycles. The van der Waals surface area contributed by atoms with Crippen LogP contribution in [0, 0.1) is 5.92 Å². The van der Waals surface area contributed by atoms with Gasteiger partial charge in [0.15, 0.2) is 11.8 Å². The lowest BCUT2D eigenvalue weighted by atomic mass is 9.93. The number of nitrogens with zero attached hydrogens (tertiary/aromatic N) is 1. The smallest absolute Gasteiger partial charge is 0.331 e. The first-order chi connectivity index (χ1) is 12.0. The molecule has 2 fully saturated rings. The van der Waals surface area contributed by atoms with Crippen molar-refractivity contribution in [2.24, 2.45) is 5.92 Å². The van der Waals surface area contributed by atoms with Crippen LogP contribution in [0.4, 0.5) is 0 Å². The van der Waals surface area contributed by atoms with E-state index in [1.54, 1.807) is 13.0 Å². The minimum Gasteiger partial charge on any atom is -0.467 e. The predicted octanol–water partition coefficient (Wildman–Crippen LogP) is 1.86. The number of carbonyl (C=O) groups excluding carboxylic acids is 2. The number of methoxy groups -OCH3 is 1. The summed E-state index contributed by atoms with van der Waals surface area (Å²) in [5, 5.41) is 0. The first kappa shape index (κ1) is 19.9. The van der Waals surface area contributed by atoms with Gasteiger partial charge in [-0.15, -0.1) is 6.58 Å². The number of allylic oxidation sites excluding steroid dienone is 1. The molecule has 7 nitrogen and oxygen atoms in total. The normalized spacial score (nSPS) is 26.4. The maximum Gasteiger partial charge on any atom is 0.331 e. The van der Waals surface area contributed by atoms with Gasteiger partial charge in [0.05, 0.1) is 32.8 Å². The van der Waals surface area contributed by atoms with Gasteiger partial charge < -0.3 is 23.8 Å². The Morgan fingerprint density at radius 3 is 2.64 bits per heavy atom. The number of esters is 1. The molecule has 2 rings (SSSR count). The van der Waals surface area contributed by atoms with Gasteiger partial charge in [0.1, 0.15) is 6.23 Å². The SMILES string of the molecule is C=CCC(C(=O)N1[C@@H](CCCC)OC[C@H]1C(=O)OC)C1(C)OCCO1. The van der Waals surface area contributed by atoms with Crippen LogP contribution in [-0.2, 0) is 28.5 Å². The molecule has 2 saturated heterocycles. The van der Waals surface area contributed by atoms with Crippen molar-refractivity contribution >= 4 is 11.9 Å². The van der Waals surface area contributed by atoms with E-state index in [1.807, 2.05) is 0 Å². The fourth-order valence-corrected chi connectivity index (χ4v) is 3.40. The van der Waals surface area contributed by atoms with Crippen molar-refractivity contribution in [2.45, 2.75) is 57.6 Å². The van der Waals surface area contributed by atoms with Crippen molar-refractivity contribution in [1.29, 1.82) is 0 Å². The third-order valence-corrected chi connectivity index (χ3v) is 4.82. The molecule has 7 heteroatoms. The molecule has 0 aliphatic carbocycles. The Morgan fingerprint density at radius 1 is 1.40 bits per heavy atom. The van der Waals surface area contributed by atoms with E-state index in [1.165, 1.54) is 12.0 Å². The van der Waals surface area contributed by atoms with Crippen molar-refractivity contribution < 1.29 is 28.5 Å². The molecule has 2 aliphatic heterocycles. The molecule has 0 radical (unpaired) electrons. The van der Waals surface area contributed by atoms with Gasteiger partial charge in [-0.3, -0.25) is 4.79 Å². The van der Waals surface area contributed by atoms with Crippen molar-refractivity contribution in [1.82, 2.24) is 4.90 Å². The molecule has 0 aromatic rings. The molecule has 2 heterocycles. The standard InChI is InChI=1S/C18H29NO6/c1-5-7-9-15-19(14(12-23-15)17(21)22-4)16(20)13(8-6-2)18(3)24-10-11-25-18/h6,13-15H,2,5,7-12H2,1,3-4H3/t13?,14-,15+/m0/s1. The second-order valence-corrected chi connectivity index (χ2v) is 6.50. The molecule has 142 valence electrons. The van der Waals surface area contributed by atoms with Crippen LogP contribution >= 0.6 is 0 Å². The minimum atomic E-state index is -1.02. The Bertz CT molecular complexity index is 488. The quantitative estimate of drug-likeness (QED) is 0.489. The summed E-state index contributed by atoms with van der Waals surface area (Å²) in [5.74, 6) is -2.31. The summed E-state index contributed by atoms with van der Waals surface area (Å²) in [5.41, 5.74) is 0. The first-order valence-electron chi connectivity index (χ1n) is 8.88. The van der Waals surface area contributed by atoms with Gasteiger partial charge in [0.25, 0.3) is 0 Å². The predicted molar refractivity (Wildman–Crippen MR) is 90.5 cm³/mol. The van der Waals surface area contributed by atoms with E-state index >= 15 is 0 Å². The third-order valence-electron chi connectivity index (χ3n) is 4.82. The third kappa shape index (κ3) is 4.22. The van der Waals surface area contributed by atoms with Crippen LogP contribution in [-0.4, -0.2) is 61.8 Å². The van der Waals surface area contributed by atoms with E-state index in [0.717, 1.165) is 12.8 Å². The molecule has 1 amide bonds. The Hall–Kier alpha value is -1.44. The lowest BCUT2D eigenvalue weighted by Gasteiger charge is -2.36. The van der Waals surface area contributed by atoms with Gasteiger partial charge >= 0.3 is 5.97 Å². The molecule has 0 aromatic carbocycles. The highest BCUT2D eigenvalue weighted by Crippen LogP contribution is 2.35. The monoisotopic (exact) mass is 355 g/mol. The largest absolute Gasteiger partial charge is 0.467 e. The van der Waals surface area contributed by atoms with Crippen LogP contribution in [0.15, 0.2) is 12.7 Å². The Labute approximate surface area is 149 Å². The zero-order valence-electron chi connectivity index (χ0n) is 15.4. The van der Waals surface area contributed by atoms with Crippen molar-refractivity contribution in [2.75, 3.05) is 26.9 Å². The van der Waals surface area contributed by atoms with E-state index in [2.05, 4.69) is 13.5 Å². The molecule has 0 N–H and O–H groups in total. The fourth-order valence-electron chi connectivity index (χ4n) is 3.40. The van der Waals surface area contributed by atoms with Gasteiger partial charge in [-0.05, 0) is 26.2 Å². The number of hydrogen-bond acceptors (Lipinski definition) is 6. The summed E-state index contributed by atoms with van der Waals surface area (Å²) in [6.07, 6.45) is 4.18. The van der Waals surface area contributed by atoms with Crippen molar-refractivity contribution in [3.63, 3.8) is 0 Å². The molecule has 0 spiro atoms. The maximum absolute atomic E-state index is 13.4. The van der Waals surface area contributed by atoms with Crippen LogP contribution < -0.4 is 0 Å². The summed E-state index contributed by atoms with van der Waals surface area (Å²) in [6.45, 7) is 8.60. The number of rotatable bonds is 8. The number of amides is 1. The Balaban J connectivity index is 2.27. The van der Waals surface area contributed by atoms with E-state index in [0.29, 0.717) is 26.1 Å². The molecule has 0 bridgehead atoms. The maximum atomic E-state index is 13.4. The summed E-state index contributed by atoms with van der Waals surface area (Å²) in [7, 11) is 1.32. The van der Waals surface area contributed by atoms with Crippen LogP contribution in [0.5, 0.6) is 0 Å². The van der Waals surface area contributed by atoms with Gasteiger partial charge in [-0.1, -0.05) is 19.4 Å². The van der Waals surface area contributed by atoms with Crippen LogP contribution in [0.25, 0.3) is 0 Å². The van der Waals surface area contributed by atoms with Crippen LogP contribution in [0.1, 0.15) is 39.5 Å². The number of ether oxygens (including phenoxy) is 4. The van der Waals surface area contributed by atoms with Gasteiger partial charge in [-0.2, -0.15) is 0 Å². The summed E-state index contributed by atoms with van der Waals surface area (Å²) < 4.78 is 22.0. The number of hydrogen-bond donors (Lipinski definition) is 0. The highest BCUT2D eigenvalue weighted by Gasteiger charge is 2.50. The second kappa shape index (κ2) is 8.78. The van der Waals surface area contributed by atoms with E-state index in [9.17, 15) is 9.59 Å². The average Bonchev–Trinajstić information content (AvgIpc) is 3.23. The van der Waals surface area contributed by atoms with Gasteiger partial charge in [0, 0.05) is 0 Å². The summed E-state index contributed by atoms with van der Waals surface area (Å²) >= 11 is 0. The van der Waals surface area contributed by atoms with Crippen molar-refractivity contribution in [3.8, 4) is 0 Å². The number of carbonyl (C=O) groups is 2. The van der Waals surface area contributed by atoms with Gasteiger partial charge in [0.2, 0.25) is 5.91 Å². The number of unbranched alkanes of at least 4 members (excludes halogenated alkanes) is 1. The van der Waals surface area contributed by atoms with E-state index in [4.69, 9.17) is 18.9 Å². The van der Waals surface area contributed by atoms with Crippen LogP contribution in [0.2, 0.25) is 0 Å². The first-order valence-corrected chi connectivity index (χ1v) is 8.88. The fraction of sp³-hybridized carbons (Fsp3) is 0.778. The van der Waals surface area contributed by atoms with E-state index in [-0.39, 0.29) is 12.5 Å². The second-order valence-electron chi connectivity index (χ2n) is 6.50. The lowest BCUT2D eigenvalue weighted by molar-refractivity contribution is -0.196. The average molecular weight is 355 g/mol. The molecular weight excluding hydrogens is 326 g/mol. The molecular formula is C18H29NO6. The topological polar surface area (TPSA) is 74.3 Å². The van der Waals surface area contributed by atoms with Crippen molar-refractivity contribution in [3.05, 3.63) is 12.7 Å². The van der Waals surface area contributed by atoms with Gasteiger partial charge in [-0.25, -0.2) is 4.79 Å². The zero-order valence-corrected chi connectivity index (χ0v) is 15.4. The molecule has 2 aliphatic rings. The molecule has 3 atom stereocenters. The molecule has 25 heavy (non-hydrogen) atoms. The van der Waals surface area contributed by atoms with Crippen LogP contribution in [0.3, 0.4) is 0 Å². The van der Waals surface area contributed by atoms with E-state index < -0.39 is 29.9 Å². The Kier molecular flexibility index (Phi) is 6.98. The zero-order chi connectivity index (χ0) is 18.4. The highest BCUT2D eigenvalue weighted by molar-refractivity contribution is 5.87. The summed E-state index contributed by atoms with van der Waals surface area (Å²) in [6, 6.07) is -0.739. The highest BCUT2D eigenvalue weighted by atomic mass is 16.7. The summed E-state index contributed by atoms with van der Waals surface area (Å²) in [4.78, 5) is 27.0. The minimum absolute atomic E-state index is 0.145. The molecule has 0 saturated carbocycles.